The van der Waals surface area contributed by atoms with E-state index in [1.807, 2.05) is 6.07 Å². The fourth-order valence-corrected chi connectivity index (χ4v) is 2.77. The zero-order valence-corrected chi connectivity index (χ0v) is 13.2. The molecule has 0 amide bonds. The summed E-state index contributed by atoms with van der Waals surface area (Å²) in [4.78, 5) is 7.85. The molecule has 0 radical (unpaired) electrons. The number of unbranched alkanes of at least 4 members (excludes halogenated alkanes) is 8. The minimum atomic E-state index is 0.292. The number of imidazole rings is 1. The Hall–Kier alpha value is -1.51. The van der Waals surface area contributed by atoms with Crippen molar-refractivity contribution in [3.8, 4) is 5.75 Å². The van der Waals surface area contributed by atoms with Gasteiger partial charge in [0.05, 0.1) is 11.0 Å². The predicted octanol–water partition coefficient (Wildman–Crippen LogP) is 5.34. The van der Waals surface area contributed by atoms with Crippen LogP contribution in [0.25, 0.3) is 11.0 Å². The molecule has 0 atom stereocenters. The number of aromatic hydroxyl groups is 1. The summed E-state index contributed by atoms with van der Waals surface area (Å²) in [6, 6.07) is 5.29. The number of nitrogens with one attached hydrogen (secondary N) is 1. The van der Waals surface area contributed by atoms with Gasteiger partial charge < -0.3 is 10.1 Å². The van der Waals surface area contributed by atoms with Gasteiger partial charge in [-0.3, -0.25) is 0 Å². The third-order valence-corrected chi connectivity index (χ3v) is 4.03. The van der Waals surface area contributed by atoms with Gasteiger partial charge in [0.2, 0.25) is 0 Å². The number of rotatable bonds is 10. The normalized spacial score (nSPS) is 11.3. The molecule has 3 heteroatoms. The van der Waals surface area contributed by atoms with Gasteiger partial charge in [-0.1, -0.05) is 58.3 Å². The van der Waals surface area contributed by atoms with Crippen LogP contribution in [0.4, 0.5) is 0 Å². The van der Waals surface area contributed by atoms with E-state index in [9.17, 15) is 5.11 Å². The molecule has 0 aliphatic carbocycles. The lowest BCUT2D eigenvalue weighted by molar-refractivity contribution is 0.476. The van der Waals surface area contributed by atoms with Gasteiger partial charge >= 0.3 is 0 Å². The van der Waals surface area contributed by atoms with E-state index >= 15 is 0 Å². The molecule has 0 fully saturated rings. The van der Waals surface area contributed by atoms with Crippen LogP contribution in [0.1, 0.15) is 70.5 Å². The topological polar surface area (TPSA) is 48.9 Å². The van der Waals surface area contributed by atoms with Crippen molar-refractivity contribution in [3.05, 3.63) is 24.0 Å². The summed E-state index contributed by atoms with van der Waals surface area (Å²) in [5.41, 5.74) is 1.87. The first kappa shape index (κ1) is 15.9. The molecule has 0 bridgehead atoms. The Kier molecular flexibility index (Phi) is 6.58. The van der Waals surface area contributed by atoms with Gasteiger partial charge in [-0.15, -0.1) is 0 Å². The Bertz CT molecular complexity index is 533. The molecule has 0 aliphatic heterocycles. The molecule has 0 spiro atoms. The van der Waals surface area contributed by atoms with E-state index in [0.29, 0.717) is 5.75 Å². The van der Waals surface area contributed by atoms with Crippen LogP contribution in [-0.2, 0) is 6.42 Å². The molecule has 0 saturated carbocycles. The molecule has 2 N–H and O–H groups in total. The van der Waals surface area contributed by atoms with Gasteiger partial charge in [0.25, 0.3) is 0 Å². The Morgan fingerprint density at radius 3 is 2.33 bits per heavy atom. The molecule has 3 nitrogen and oxygen atoms in total. The van der Waals surface area contributed by atoms with E-state index < -0.39 is 0 Å². The maximum Gasteiger partial charge on any atom is 0.117 e. The van der Waals surface area contributed by atoms with Gasteiger partial charge in [0, 0.05) is 12.5 Å². The molecular weight excluding hydrogens is 260 g/mol. The fraction of sp³-hybridized carbons (Fsp3) is 0.611. The summed E-state index contributed by atoms with van der Waals surface area (Å²) in [6.07, 6.45) is 13.1. The number of hydrogen-bond donors (Lipinski definition) is 2. The molecule has 0 aliphatic rings. The Balaban J connectivity index is 1.59. The molecule has 1 aromatic carbocycles. The number of benzene rings is 1. The summed E-state index contributed by atoms with van der Waals surface area (Å²) < 4.78 is 0. The highest BCUT2D eigenvalue weighted by atomic mass is 16.3. The van der Waals surface area contributed by atoms with E-state index in [2.05, 4.69) is 16.9 Å². The first-order valence-electron chi connectivity index (χ1n) is 8.47. The minimum Gasteiger partial charge on any atom is -0.508 e. The molecule has 116 valence electrons. The second kappa shape index (κ2) is 8.71. The van der Waals surface area contributed by atoms with Crippen LogP contribution in [0.2, 0.25) is 0 Å². The number of aromatic amines is 1. The number of H-pyrrole nitrogens is 1. The van der Waals surface area contributed by atoms with Gasteiger partial charge in [-0.2, -0.15) is 0 Å². The molecular formula is C18H28N2O. The maximum atomic E-state index is 9.44. The summed E-state index contributed by atoms with van der Waals surface area (Å²) in [6.45, 7) is 2.26. The van der Waals surface area contributed by atoms with E-state index in [1.54, 1.807) is 12.1 Å². The van der Waals surface area contributed by atoms with E-state index in [1.165, 1.54) is 57.8 Å². The van der Waals surface area contributed by atoms with Crippen molar-refractivity contribution in [1.82, 2.24) is 9.97 Å². The number of nitrogens with zero attached hydrogens (tertiary/aromatic N) is 1. The number of phenolic OH excluding ortho intramolecular Hbond substituents is 1. The highest BCUT2D eigenvalue weighted by Crippen LogP contribution is 2.18. The van der Waals surface area contributed by atoms with E-state index in [-0.39, 0.29) is 0 Å². The maximum absolute atomic E-state index is 9.44. The zero-order valence-electron chi connectivity index (χ0n) is 13.2. The zero-order chi connectivity index (χ0) is 14.9. The van der Waals surface area contributed by atoms with Crippen LogP contribution >= 0.6 is 0 Å². The van der Waals surface area contributed by atoms with Gasteiger partial charge in [0.1, 0.15) is 11.6 Å². The van der Waals surface area contributed by atoms with Crippen LogP contribution in [-0.4, -0.2) is 15.1 Å². The van der Waals surface area contributed by atoms with Crippen molar-refractivity contribution < 1.29 is 5.11 Å². The lowest BCUT2D eigenvalue weighted by Gasteiger charge is -2.01. The average Bonchev–Trinajstić information content (AvgIpc) is 2.87. The summed E-state index contributed by atoms with van der Waals surface area (Å²) in [5, 5.41) is 9.44. The van der Waals surface area contributed by atoms with Crippen molar-refractivity contribution in [1.29, 1.82) is 0 Å². The standard InChI is InChI=1S/C18H28N2O/c1-2-3-4-5-6-7-8-9-10-11-18-19-16-13-12-15(21)14-17(16)20-18/h12-14,21H,2-11H2,1H3,(H,19,20). The summed E-state index contributed by atoms with van der Waals surface area (Å²) >= 11 is 0. The molecule has 21 heavy (non-hydrogen) atoms. The van der Waals surface area contributed by atoms with Gasteiger partial charge in [-0.25, -0.2) is 4.98 Å². The molecule has 2 aromatic rings. The fourth-order valence-electron chi connectivity index (χ4n) is 2.77. The first-order valence-corrected chi connectivity index (χ1v) is 8.47. The smallest absolute Gasteiger partial charge is 0.117 e. The highest BCUT2D eigenvalue weighted by Gasteiger charge is 2.03. The monoisotopic (exact) mass is 288 g/mol. The second-order valence-electron chi connectivity index (χ2n) is 5.96. The van der Waals surface area contributed by atoms with Crippen molar-refractivity contribution >= 4 is 11.0 Å². The molecule has 1 heterocycles. The van der Waals surface area contributed by atoms with Crippen molar-refractivity contribution in [2.24, 2.45) is 0 Å². The van der Waals surface area contributed by atoms with Crippen molar-refractivity contribution in [2.75, 3.05) is 0 Å². The summed E-state index contributed by atoms with van der Waals surface area (Å²) in [7, 11) is 0. The number of aryl methyl sites for hydroxylation is 1. The average molecular weight is 288 g/mol. The van der Waals surface area contributed by atoms with Crippen LogP contribution in [0.5, 0.6) is 5.75 Å². The Morgan fingerprint density at radius 1 is 0.952 bits per heavy atom. The lowest BCUT2D eigenvalue weighted by atomic mass is 10.1. The quantitative estimate of drug-likeness (QED) is 0.579. The second-order valence-corrected chi connectivity index (χ2v) is 5.96. The number of hydrogen-bond acceptors (Lipinski definition) is 2. The predicted molar refractivity (Wildman–Crippen MR) is 88.7 cm³/mol. The SMILES string of the molecule is CCCCCCCCCCCc1nc2ccc(O)cc2[nH]1. The van der Waals surface area contributed by atoms with E-state index in [4.69, 9.17) is 0 Å². The van der Waals surface area contributed by atoms with Crippen LogP contribution in [0.3, 0.4) is 0 Å². The summed E-state index contributed by atoms with van der Waals surface area (Å²) in [5.74, 6) is 1.33. The van der Waals surface area contributed by atoms with E-state index in [0.717, 1.165) is 23.3 Å². The van der Waals surface area contributed by atoms with Crippen LogP contribution in [0, 0.1) is 0 Å². The molecule has 1 aromatic heterocycles. The van der Waals surface area contributed by atoms with Crippen molar-refractivity contribution in [3.63, 3.8) is 0 Å². The molecule has 2 rings (SSSR count). The van der Waals surface area contributed by atoms with Crippen LogP contribution < -0.4 is 0 Å². The number of fused-ring (bicyclic) bond motifs is 1. The molecule has 0 saturated heterocycles. The third kappa shape index (κ3) is 5.41. The van der Waals surface area contributed by atoms with Gasteiger partial charge in [-0.05, 0) is 18.6 Å². The highest BCUT2D eigenvalue weighted by molar-refractivity contribution is 5.76. The lowest BCUT2D eigenvalue weighted by Crippen LogP contribution is -1.88. The Morgan fingerprint density at radius 2 is 1.62 bits per heavy atom. The third-order valence-electron chi connectivity index (χ3n) is 4.03. The number of aromatic nitrogens is 2. The number of phenols is 1. The molecule has 0 unspecified atom stereocenters. The minimum absolute atomic E-state index is 0.292. The first-order chi connectivity index (χ1) is 10.3. The van der Waals surface area contributed by atoms with Crippen LogP contribution in [0.15, 0.2) is 18.2 Å². The van der Waals surface area contributed by atoms with Gasteiger partial charge in [0.15, 0.2) is 0 Å². The Labute approximate surface area is 127 Å². The largest absolute Gasteiger partial charge is 0.508 e. The van der Waals surface area contributed by atoms with Crippen molar-refractivity contribution in [2.45, 2.75) is 71.1 Å².